The number of nitrogens with zero attached hydrogens (tertiary/aromatic N) is 3. The van der Waals surface area contributed by atoms with Crippen LogP contribution in [-0.4, -0.2) is 13.7 Å². The van der Waals surface area contributed by atoms with Gasteiger partial charge in [-0.05, 0) is 78.4 Å². The maximum Gasteiger partial charge on any atom is 0.160 e. The van der Waals surface area contributed by atoms with Crippen LogP contribution in [-0.2, 0) is 0 Å². The first-order valence-corrected chi connectivity index (χ1v) is 17.8. The van der Waals surface area contributed by atoms with Crippen molar-refractivity contribution in [1.29, 1.82) is 0 Å². The van der Waals surface area contributed by atoms with Crippen LogP contribution in [0.1, 0.15) is 0 Å². The first-order chi connectivity index (χ1) is 25.8. The highest BCUT2D eigenvalue weighted by atomic mass is 16.5. The Morgan fingerprint density at radius 3 is 1.52 bits per heavy atom. The molecule has 0 amide bonds. The van der Waals surface area contributed by atoms with E-state index in [2.05, 4.69) is 184 Å². The quantitative estimate of drug-likeness (QED) is 0.185. The Balaban J connectivity index is 1.02. The maximum absolute atomic E-state index is 6.75. The molecule has 1 aliphatic heterocycles. The van der Waals surface area contributed by atoms with E-state index in [1.807, 2.05) is 6.07 Å². The van der Waals surface area contributed by atoms with Crippen LogP contribution in [0, 0.1) is 0 Å². The lowest BCUT2D eigenvalue weighted by Crippen LogP contribution is -2.05. The summed E-state index contributed by atoms with van der Waals surface area (Å²) in [4.78, 5) is 0. The Labute approximate surface area is 298 Å². The fraction of sp³-hybridized carbons (Fsp3) is 0. The second-order valence-electron chi connectivity index (χ2n) is 13.7. The molecule has 242 valence electrons. The van der Waals surface area contributed by atoms with Gasteiger partial charge in [-0.2, -0.15) is 0 Å². The molecule has 4 heteroatoms. The van der Waals surface area contributed by atoms with E-state index < -0.39 is 0 Å². The Morgan fingerprint density at radius 2 is 0.846 bits per heavy atom. The molecule has 4 nitrogen and oxygen atoms in total. The minimum atomic E-state index is 0.868. The molecule has 12 rings (SSSR count). The van der Waals surface area contributed by atoms with E-state index >= 15 is 0 Å². The predicted octanol–water partition coefficient (Wildman–Crippen LogP) is 12.8. The summed E-state index contributed by atoms with van der Waals surface area (Å²) in [5.74, 6) is 1.77. The van der Waals surface area contributed by atoms with Gasteiger partial charge in [0, 0.05) is 49.3 Å². The Morgan fingerprint density at radius 1 is 0.346 bits per heavy atom. The van der Waals surface area contributed by atoms with E-state index in [9.17, 15) is 0 Å². The summed E-state index contributed by atoms with van der Waals surface area (Å²) in [6.07, 6.45) is 0. The highest BCUT2D eigenvalue weighted by Gasteiger charge is 2.26. The fourth-order valence-electron chi connectivity index (χ4n) is 8.82. The maximum atomic E-state index is 6.75. The Hall–Kier alpha value is -7.04. The lowest BCUT2D eigenvalue weighted by molar-refractivity contribution is 0.478. The van der Waals surface area contributed by atoms with Gasteiger partial charge in [0.25, 0.3) is 0 Å². The lowest BCUT2D eigenvalue weighted by atomic mass is 10.0. The third-order valence-corrected chi connectivity index (χ3v) is 11.0. The molecule has 0 N–H and O–H groups in total. The molecule has 0 aliphatic carbocycles. The van der Waals surface area contributed by atoms with E-state index in [0.29, 0.717) is 0 Å². The lowest BCUT2D eigenvalue weighted by Gasteiger charge is -2.23. The van der Waals surface area contributed by atoms with Crippen LogP contribution in [0.25, 0.3) is 93.6 Å². The summed E-state index contributed by atoms with van der Waals surface area (Å²) in [6, 6.07) is 63.4. The van der Waals surface area contributed by atoms with Gasteiger partial charge in [0.05, 0.1) is 38.8 Å². The van der Waals surface area contributed by atoms with Crippen molar-refractivity contribution in [3.8, 4) is 39.7 Å². The number of hydrogen-bond donors (Lipinski definition) is 0. The van der Waals surface area contributed by atoms with Crippen LogP contribution in [0.4, 0.5) is 0 Å². The number of rotatable bonds is 3. The second kappa shape index (κ2) is 10.3. The summed E-state index contributed by atoms with van der Waals surface area (Å²) in [6.45, 7) is 0. The van der Waals surface area contributed by atoms with Crippen LogP contribution < -0.4 is 4.74 Å². The predicted molar refractivity (Wildman–Crippen MR) is 215 cm³/mol. The van der Waals surface area contributed by atoms with Crippen LogP contribution in [0.5, 0.6) is 11.5 Å². The number of ether oxygens (including phenoxy) is 1. The number of para-hydroxylation sites is 6. The first kappa shape index (κ1) is 27.7. The van der Waals surface area contributed by atoms with Crippen LogP contribution in [0.2, 0.25) is 0 Å². The van der Waals surface area contributed by atoms with E-state index in [4.69, 9.17) is 4.74 Å². The van der Waals surface area contributed by atoms with Crippen molar-refractivity contribution in [3.05, 3.63) is 176 Å². The van der Waals surface area contributed by atoms with Crippen LogP contribution in [0.3, 0.4) is 0 Å². The van der Waals surface area contributed by atoms with E-state index in [1.165, 1.54) is 59.9 Å². The third kappa shape index (κ3) is 3.65. The normalized spacial score (nSPS) is 12.4. The van der Waals surface area contributed by atoms with Gasteiger partial charge < -0.3 is 18.4 Å². The first-order valence-electron chi connectivity index (χ1n) is 17.8. The molecule has 0 atom stereocenters. The fourth-order valence-corrected chi connectivity index (χ4v) is 8.82. The van der Waals surface area contributed by atoms with Gasteiger partial charge in [-0.3, -0.25) is 0 Å². The van der Waals surface area contributed by atoms with E-state index in [0.717, 1.165) is 45.2 Å². The largest absolute Gasteiger partial charge is 0.452 e. The van der Waals surface area contributed by atoms with E-state index in [-0.39, 0.29) is 0 Å². The summed E-state index contributed by atoms with van der Waals surface area (Å²) in [5.41, 5.74) is 12.6. The highest BCUT2D eigenvalue weighted by Crippen LogP contribution is 2.49. The zero-order chi connectivity index (χ0) is 33.9. The smallest absolute Gasteiger partial charge is 0.160 e. The zero-order valence-electron chi connectivity index (χ0n) is 28.0. The molecule has 0 radical (unpaired) electrons. The molecular weight excluding hydrogens is 635 g/mol. The molecule has 0 saturated heterocycles. The van der Waals surface area contributed by atoms with Crippen molar-refractivity contribution >= 4 is 65.4 Å². The summed E-state index contributed by atoms with van der Waals surface area (Å²) >= 11 is 0. The topological polar surface area (TPSA) is 24.0 Å². The molecule has 0 spiro atoms. The van der Waals surface area contributed by atoms with Gasteiger partial charge in [-0.25, -0.2) is 0 Å². The molecule has 11 aromatic rings. The van der Waals surface area contributed by atoms with Gasteiger partial charge in [-0.1, -0.05) is 103 Å². The number of hydrogen-bond acceptors (Lipinski definition) is 1. The van der Waals surface area contributed by atoms with E-state index in [1.54, 1.807) is 0 Å². The molecule has 0 fully saturated rings. The third-order valence-electron chi connectivity index (χ3n) is 11.0. The van der Waals surface area contributed by atoms with Gasteiger partial charge in [0.2, 0.25) is 0 Å². The summed E-state index contributed by atoms with van der Waals surface area (Å²) < 4.78 is 13.9. The van der Waals surface area contributed by atoms with Crippen molar-refractivity contribution in [2.75, 3.05) is 0 Å². The molecule has 0 unspecified atom stereocenters. The summed E-state index contributed by atoms with van der Waals surface area (Å²) in [5, 5.41) is 7.43. The Bertz CT molecular complexity index is 3210. The van der Waals surface area contributed by atoms with Crippen molar-refractivity contribution in [2.24, 2.45) is 0 Å². The SMILES string of the molecule is c1ccc2c(c1)Oc1c(-c3ccc(-n4c5ccccc5c5cc(-n6c7ccccc7c7ccccc76)ccc54)cc3)ccc3c4ccccc4n-2c13. The van der Waals surface area contributed by atoms with Gasteiger partial charge in [0.15, 0.2) is 11.5 Å². The average molecular weight is 664 g/mol. The monoisotopic (exact) mass is 663 g/mol. The minimum absolute atomic E-state index is 0.868. The van der Waals surface area contributed by atoms with Crippen molar-refractivity contribution in [1.82, 2.24) is 13.7 Å². The minimum Gasteiger partial charge on any atom is -0.452 e. The van der Waals surface area contributed by atoms with Crippen molar-refractivity contribution in [2.45, 2.75) is 0 Å². The van der Waals surface area contributed by atoms with Gasteiger partial charge in [-0.15, -0.1) is 0 Å². The molecule has 1 aliphatic rings. The second-order valence-corrected chi connectivity index (χ2v) is 13.7. The van der Waals surface area contributed by atoms with Gasteiger partial charge in [0.1, 0.15) is 0 Å². The molecule has 4 heterocycles. The number of fused-ring (bicyclic) bond motifs is 11. The molecule has 8 aromatic carbocycles. The number of benzene rings is 8. The summed E-state index contributed by atoms with van der Waals surface area (Å²) in [7, 11) is 0. The molecule has 52 heavy (non-hydrogen) atoms. The molecule has 0 saturated carbocycles. The average Bonchev–Trinajstić information content (AvgIpc) is 3.85. The van der Waals surface area contributed by atoms with Crippen molar-refractivity contribution < 1.29 is 4.74 Å². The van der Waals surface area contributed by atoms with Gasteiger partial charge >= 0.3 is 0 Å². The van der Waals surface area contributed by atoms with Crippen LogP contribution >= 0.6 is 0 Å². The molecule has 0 bridgehead atoms. The number of aromatic nitrogens is 3. The zero-order valence-corrected chi connectivity index (χ0v) is 28.0. The Kier molecular flexibility index (Phi) is 5.47. The van der Waals surface area contributed by atoms with Crippen LogP contribution in [0.15, 0.2) is 176 Å². The molecular formula is C48H29N3O. The van der Waals surface area contributed by atoms with Crippen molar-refractivity contribution in [3.63, 3.8) is 0 Å². The highest BCUT2D eigenvalue weighted by molar-refractivity contribution is 6.14. The molecule has 3 aromatic heterocycles. The standard InChI is InChI=1S/C48H29N3O/c1-5-15-40-34(11-1)35-12-2-6-16-41(35)50(40)32-25-28-44-39(29-32)37-14-4-7-17-42(37)49(44)31-23-21-30(22-24-31)33-26-27-38-36-13-3-8-18-43(36)51-45-19-9-10-20-46(45)52-48(33)47(38)51/h1-29H.